The van der Waals surface area contributed by atoms with Gasteiger partial charge in [-0.15, -0.1) is 0 Å². The summed E-state index contributed by atoms with van der Waals surface area (Å²) in [6, 6.07) is 8.35. The first-order valence-electron chi connectivity index (χ1n) is 7.74. The predicted molar refractivity (Wildman–Crippen MR) is 81.9 cm³/mol. The third-order valence-corrected chi connectivity index (χ3v) is 4.28. The number of hydrogen-bond acceptors (Lipinski definition) is 2. The van der Waals surface area contributed by atoms with Crippen molar-refractivity contribution in [1.29, 1.82) is 0 Å². The third kappa shape index (κ3) is 3.53. The Bertz CT molecular complexity index is 609. The van der Waals surface area contributed by atoms with Gasteiger partial charge < -0.3 is 4.90 Å². The second-order valence-corrected chi connectivity index (χ2v) is 5.82. The zero-order valence-electron chi connectivity index (χ0n) is 12.5. The molecule has 1 aromatic heterocycles. The number of aromatic amines is 1. The molecule has 3 rings (SSSR count). The van der Waals surface area contributed by atoms with E-state index in [9.17, 15) is 9.18 Å². The first kappa shape index (κ1) is 14.8. The number of carbonyl (C=O) groups is 1. The van der Waals surface area contributed by atoms with Crippen LogP contribution >= 0.6 is 0 Å². The molecular weight excluding hydrogens is 281 g/mol. The number of rotatable bonds is 4. The van der Waals surface area contributed by atoms with Crippen molar-refractivity contribution in [2.45, 2.75) is 31.6 Å². The van der Waals surface area contributed by atoms with Gasteiger partial charge in [-0.05, 0) is 43.0 Å². The van der Waals surface area contributed by atoms with Crippen LogP contribution in [0.3, 0.4) is 0 Å². The molecule has 1 N–H and O–H groups in total. The van der Waals surface area contributed by atoms with Crippen LogP contribution in [0, 0.1) is 5.82 Å². The Morgan fingerprint density at radius 1 is 1.32 bits per heavy atom. The molecule has 4 nitrogen and oxygen atoms in total. The molecule has 0 bridgehead atoms. The van der Waals surface area contributed by atoms with Gasteiger partial charge in [-0.3, -0.25) is 9.89 Å². The van der Waals surface area contributed by atoms with Gasteiger partial charge in [-0.1, -0.05) is 12.1 Å². The number of amides is 1. The van der Waals surface area contributed by atoms with Crippen LogP contribution in [0.25, 0.3) is 0 Å². The normalized spacial score (nSPS) is 18.4. The van der Waals surface area contributed by atoms with Crippen LogP contribution in [0.5, 0.6) is 0 Å². The van der Waals surface area contributed by atoms with Crippen molar-refractivity contribution in [3.05, 3.63) is 53.6 Å². The number of aryl methyl sites for hydroxylation is 1. The number of benzene rings is 1. The minimum absolute atomic E-state index is 0.175. The van der Waals surface area contributed by atoms with Crippen molar-refractivity contribution in [3.8, 4) is 0 Å². The van der Waals surface area contributed by atoms with Crippen LogP contribution < -0.4 is 0 Å². The summed E-state index contributed by atoms with van der Waals surface area (Å²) < 4.78 is 12.9. The lowest BCUT2D eigenvalue weighted by atomic mass is 9.94. The molecule has 1 fully saturated rings. The summed E-state index contributed by atoms with van der Waals surface area (Å²) in [5.74, 6) is 0.285. The van der Waals surface area contributed by atoms with E-state index in [0.29, 0.717) is 18.8 Å². The van der Waals surface area contributed by atoms with Crippen LogP contribution in [0.2, 0.25) is 0 Å². The number of likely N-dealkylation sites (tertiary alicyclic amines) is 1. The highest BCUT2D eigenvalue weighted by Crippen LogP contribution is 2.25. The van der Waals surface area contributed by atoms with Gasteiger partial charge in [0, 0.05) is 37.3 Å². The summed E-state index contributed by atoms with van der Waals surface area (Å²) in [7, 11) is 0. The Labute approximate surface area is 129 Å². The Morgan fingerprint density at radius 2 is 2.14 bits per heavy atom. The number of H-pyrrole nitrogens is 1. The molecule has 1 amide bonds. The molecule has 1 aliphatic heterocycles. The maximum atomic E-state index is 12.9. The van der Waals surface area contributed by atoms with Crippen molar-refractivity contribution in [2.24, 2.45) is 0 Å². The summed E-state index contributed by atoms with van der Waals surface area (Å²) in [4.78, 5) is 14.3. The number of nitrogens with one attached hydrogen (secondary N) is 1. The van der Waals surface area contributed by atoms with Crippen molar-refractivity contribution >= 4 is 5.91 Å². The van der Waals surface area contributed by atoms with Crippen LogP contribution in [0.1, 0.15) is 36.4 Å². The topological polar surface area (TPSA) is 49.0 Å². The largest absolute Gasteiger partial charge is 0.342 e. The van der Waals surface area contributed by atoms with Gasteiger partial charge in [-0.2, -0.15) is 5.10 Å². The Balaban J connectivity index is 1.54. The van der Waals surface area contributed by atoms with Gasteiger partial charge in [0.2, 0.25) is 5.91 Å². The Kier molecular flexibility index (Phi) is 4.51. The lowest BCUT2D eigenvalue weighted by Crippen LogP contribution is -2.39. The molecule has 1 atom stereocenters. The molecule has 0 aliphatic carbocycles. The van der Waals surface area contributed by atoms with Gasteiger partial charge in [0.25, 0.3) is 0 Å². The number of nitrogens with zero attached hydrogens (tertiary/aromatic N) is 2. The molecule has 0 spiro atoms. The van der Waals surface area contributed by atoms with Gasteiger partial charge in [0.05, 0.1) is 0 Å². The van der Waals surface area contributed by atoms with Gasteiger partial charge in [0.1, 0.15) is 5.82 Å². The Morgan fingerprint density at radius 3 is 2.86 bits per heavy atom. The second-order valence-electron chi connectivity index (χ2n) is 5.82. The molecule has 2 heterocycles. The molecule has 2 aromatic rings. The van der Waals surface area contributed by atoms with E-state index in [0.717, 1.165) is 37.2 Å². The van der Waals surface area contributed by atoms with E-state index in [4.69, 9.17) is 0 Å². The molecular formula is C17H20FN3O. The summed E-state index contributed by atoms with van der Waals surface area (Å²) >= 11 is 0. The quantitative estimate of drug-likeness (QED) is 0.944. The maximum Gasteiger partial charge on any atom is 0.222 e. The van der Waals surface area contributed by atoms with Gasteiger partial charge in [-0.25, -0.2) is 4.39 Å². The second kappa shape index (κ2) is 6.73. The molecule has 0 unspecified atom stereocenters. The number of aromatic nitrogens is 2. The number of piperidine rings is 1. The van der Waals surface area contributed by atoms with Crippen LogP contribution in [0.4, 0.5) is 4.39 Å². The summed E-state index contributed by atoms with van der Waals surface area (Å²) in [6.45, 7) is 1.58. The first-order valence-corrected chi connectivity index (χ1v) is 7.74. The monoisotopic (exact) mass is 301 g/mol. The van der Waals surface area contributed by atoms with E-state index < -0.39 is 0 Å². The van der Waals surface area contributed by atoms with E-state index in [1.54, 1.807) is 18.3 Å². The molecule has 5 heteroatoms. The van der Waals surface area contributed by atoms with E-state index in [1.807, 2.05) is 11.0 Å². The average molecular weight is 301 g/mol. The Hall–Kier alpha value is -2.17. The highest BCUT2D eigenvalue weighted by Gasteiger charge is 2.25. The fraction of sp³-hybridized carbons (Fsp3) is 0.412. The predicted octanol–water partition coefficient (Wildman–Crippen LogP) is 2.89. The molecule has 1 aromatic carbocycles. The fourth-order valence-electron chi connectivity index (χ4n) is 3.01. The minimum atomic E-state index is -0.242. The smallest absolute Gasteiger partial charge is 0.222 e. The number of halogens is 1. The fourth-order valence-corrected chi connectivity index (χ4v) is 3.01. The van der Waals surface area contributed by atoms with E-state index >= 15 is 0 Å². The van der Waals surface area contributed by atoms with E-state index in [1.165, 1.54) is 12.1 Å². The lowest BCUT2D eigenvalue weighted by Gasteiger charge is -2.32. The third-order valence-electron chi connectivity index (χ3n) is 4.28. The standard InChI is InChI=1S/C17H20FN3O/c18-15-6-3-13(4-7-15)5-8-17(22)21-11-1-2-14(12-21)16-9-10-19-20-16/h3-4,6-7,9-10,14H,1-2,5,8,11-12H2,(H,19,20)/t14-/m0/s1. The van der Waals surface area contributed by atoms with Crippen molar-refractivity contribution in [1.82, 2.24) is 15.1 Å². The average Bonchev–Trinajstić information content (AvgIpc) is 3.09. The molecule has 1 saturated heterocycles. The zero-order chi connectivity index (χ0) is 15.4. The molecule has 1 aliphatic rings. The summed E-state index contributed by atoms with van der Waals surface area (Å²) in [5, 5.41) is 7.00. The molecule has 116 valence electrons. The number of carbonyl (C=O) groups excluding carboxylic acids is 1. The van der Waals surface area contributed by atoms with Crippen LogP contribution in [0.15, 0.2) is 36.5 Å². The molecule has 22 heavy (non-hydrogen) atoms. The van der Waals surface area contributed by atoms with Gasteiger partial charge in [0.15, 0.2) is 0 Å². The SMILES string of the molecule is O=C(CCc1ccc(F)cc1)N1CCC[C@H](c2ccn[nH]2)C1. The van der Waals surface area contributed by atoms with Crippen LogP contribution in [-0.2, 0) is 11.2 Å². The molecule has 0 saturated carbocycles. The highest BCUT2D eigenvalue weighted by atomic mass is 19.1. The van der Waals surface area contributed by atoms with Crippen molar-refractivity contribution in [3.63, 3.8) is 0 Å². The molecule has 0 radical (unpaired) electrons. The van der Waals surface area contributed by atoms with Gasteiger partial charge >= 0.3 is 0 Å². The highest BCUT2D eigenvalue weighted by molar-refractivity contribution is 5.76. The van der Waals surface area contributed by atoms with Crippen molar-refractivity contribution < 1.29 is 9.18 Å². The van der Waals surface area contributed by atoms with E-state index in [-0.39, 0.29) is 11.7 Å². The minimum Gasteiger partial charge on any atom is -0.342 e. The van der Waals surface area contributed by atoms with Crippen molar-refractivity contribution in [2.75, 3.05) is 13.1 Å². The van der Waals surface area contributed by atoms with Crippen LogP contribution in [-0.4, -0.2) is 34.1 Å². The number of hydrogen-bond donors (Lipinski definition) is 1. The summed E-state index contributed by atoms with van der Waals surface area (Å²) in [6.07, 6.45) is 4.99. The maximum absolute atomic E-state index is 12.9. The summed E-state index contributed by atoms with van der Waals surface area (Å²) in [5.41, 5.74) is 2.10. The lowest BCUT2D eigenvalue weighted by molar-refractivity contribution is -0.132. The first-order chi connectivity index (χ1) is 10.7. The zero-order valence-corrected chi connectivity index (χ0v) is 12.5. The van der Waals surface area contributed by atoms with E-state index in [2.05, 4.69) is 10.2 Å².